The number of hydrogen-bond donors (Lipinski definition) is 0. The Morgan fingerprint density at radius 2 is 1.06 bits per heavy atom. The summed E-state index contributed by atoms with van der Waals surface area (Å²) in [6.07, 6.45) is 0. The first-order chi connectivity index (χ1) is 7.27. The molecular formula is C11H22O5. The molecule has 0 heterocycles. The average molecular weight is 234 g/mol. The van der Waals surface area contributed by atoms with Crippen molar-refractivity contribution in [2.45, 2.75) is 41.5 Å². The van der Waals surface area contributed by atoms with Crippen LogP contribution in [0.15, 0.2) is 0 Å². The van der Waals surface area contributed by atoms with Crippen molar-refractivity contribution in [2.24, 2.45) is 0 Å². The zero-order valence-corrected chi connectivity index (χ0v) is 11.0. The van der Waals surface area contributed by atoms with Crippen LogP contribution in [0.3, 0.4) is 0 Å². The molecule has 0 aliphatic heterocycles. The lowest BCUT2D eigenvalue weighted by molar-refractivity contribution is -0.156. The molecule has 0 saturated heterocycles. The van der Waals surface area contributed by atoms with Crippen LogP contribution in [0.2, 0.25) is 0 Å². The van der Waals surface area contributed by atoms with Crippen LogP contribution in [-0.4, -0.2) is 30.9 Å². The summed E-state index contributed by atoms with van der Waals surface area (Å²) in [6, 6.07) is 0. The molecule has 0 unspecified atom stereocenters. The van der Waals surface area contributed by atoms with Gasteiger partial charge >= 0.3 is 11.9 Å². The van der Waals surface area contributed by atoms with Crippen LogP contribution in [-0.2, 0) is 23.9 Å². The molecule has 16 heavy (non-hydrogen) atoms. The smallest absolute Gasteiger partial charge is 0.310 e. The molecule has 0 fully saturated rings. The molecule has 0 aromatic carbocycles. The van der Waals surface area contributed by atoms with Crippen molar-refractivity contribution in [3.05, 3.63) is 0 Å². The minimum atomic E-state index is -0.562. The second kappa shape index (κ2) is 16.2. The molecule has 5 heteroatoms. The van der Waals surface area contributed by atoms with E-state index in [2.05, 4.69) is 4.74 Å². The standard InChI is InChI=1S/C4H6O3.C4H10O.C3H6O/c1-3(5)7-4(2)6;1-3-5-4-2;1-3(2)4/h1-2H3;3-4H2,1-2H3;1-2H3. The highest BCUT2D eigenvalue weighted by atomic mass is 16.6. The number of Topliss-reactive ketones (excluding diaryl/α,β-unsaturated/α-hetero) is 1. The fourth-order valence-corrected chi connectivity index (χ4v) is 0.407. The highest BCUT2D eigenvalue weighted by Crippen LogP contribution is 1.73. The Morgan fingerprint density at radius 1 is 0.812 bits per heavy atom. The number of hydrogen-bond acceptors (Lipinski definition) is 5. The zero-order valence-electron chi connectivity index (χ0n) is 11.0. The lowest BCUT2D eigenvalue weighted by Crippen LogP contribution is -2.03. The second-order valence-corrected chi connectivity index (χ2v) is 2.77. The molecule has 0 aliphatic rings. The van der Waals surface area contributed by atoms with Crippen LogP contribution in [0.1, 0.15) is 41.5 Å². The van der Waals surface area contributed by atoms with Gasteiger partial charge in [-0.1, -0.05) is 0 Å². The molecular weight excluding hydrogens is 212 g/mol. The zero-order chi connectivity index (χ0) is 13.6. The molecule has 0 aromatic rings. The van der Waals surface area contributed by atoms with E-state index in [1.54, 1.807) is 0 Å². The number of ether oxygens (including phenoxy) is 2. The van der Waals surface area contributed by atoms with Gasteiger partial charge in [0.15, 0.2) is 0 Å². The molecule has 0 amide bonds. The molecule has 0 aromatic heterocycles. The molecule has 0 atom stereocenters. The first kappa shape index (κ1) is 20.2. The average Bonchev–Trinajstić information content (AvgIpc) is 2.02. The minimum absolute atomic E-state index is 0.167. The van der Waals surface area contributed by atoms with Crippen molar-refractivity contribution in [1.82, 2.24) is 0 Å². The van der Waals surface area contributed by atoms with Crippen LogP contribution in [0.25, 0.3) is 0 Å². The summed E-state index contributed by atoms with van der Waals surface area (Å²) in [5.41, 5.74) is 0. The summed E-state index contributed by atoms with van der Waals surface area (Å²) in [4.78, 5) is 29.1. The van der Waals surface area contributed by atoms with E-state index < -0.39 is 11.9 Å². The van der Waals surface area contributed by atoms with Crippen molar-refractivity contribution in [2.75, 3.05) is 13.2 Å². The van der Waals surface area contributed by atoms with Crippen molar-refractivity contribution in [1.29, 1.82) is 0 Å². The fourth-order valence-electron chi connectivity index (χ4n) is 0.407. The molecule has 96 valence electrons. The Labute approximate surface area is 97.1 Å². The van der Waals surface area contributed by atoms with Gasteiger partial charge in [0, 0.05) is 27.1 Å². The molecule has 0 spiro atoms. The number of ketones is 1. The summed E-state index contributed by atoms with van der Waals surface area (Å²) in [6.45, 7) is 11.1. The summed E-state index contributed by atoms with van der Waals surface area (Å²) >= 11 is 0. The molecule has 5 nitrogen and oxygen atoms in total. The first-order valence-corrected chi connectivity index (χ1v) is 5.01. The summed E-state index contributed by atoms with van der Waals surface area (Å²) < 4.78 is 8.81. The highest BCUT2D eigenvalue weighted by molar-refractivity contribution is 5.82. The molecule has 0 bridgehead atoms. The van der Waals surface area contributed by atoms with E-state index in [9.17, 15) is 14.4 Å². The van der Waals surface area contributed by atoms with Crippen LogP contribution in [0.4, 0.5) is 0 Å². The maximum atomic E-state index is 9.81. The van der Waals surface area contributed by atoms with E-state index in [-0.39, 0.29) is 5.78 Å². The molecule has 0 rings (SSSR count). The van der Waals surface area contributed by atoms with E-state index in [0.717, 1.165) is 13.2 Å². The van der Waals surface area contributed by atoms with Gasteiger partial charge in [0.1, 0.15) is 5.78 Å². The van der Waals surface area contributed by atoms with Crippen LogP contribution < -0.4 is 0 Å². The van der Waals surface area contributed by atoms with Gasteiger partial charge < -0.3 is 14.3 Å². The van der Waals surface area contributed by atoms with Crippen molar-refractivity contribution >= 4 is 17.7 Å². The first-order valence-electron chi connectivity index (χ1n) is 5.01. The third-order valence-electron chi connectivity index (χ3n) is 0.696. The number of rotatable bonds is 2. The van der Waals surface area contributed by atoms with Crippen LogP contribution in [0.5, 0.6) is 0 Å². The Morgan fingerprint density at radius 3 is 1.06 bits per heavy atom. The van der Waals surface area contributed by atoms with Gasteiger partial charge in [-0.05, 0) is 27.7 Å². The highest BCUT2D eigenvalue weighted by Gasteiger charge is 1.93. The van der Waals surface area contributed by atoms with Gasteiger partial charge in [-0.25, -0.2) is 0 Å². The van der Waals surface area contributed by atoms with Gasteiger partial charge in [-0.2, -0.15) is 0 Å². The largest absolute Gasteiger partial charge is 0.394 e. The van der Waals surface area contributed by atoms with E-state index in [0.29, 0.717) is 0 Å². The number of carbonyl (C=O) groups is 3. The van der Waals surface area contributed by atoms with E-state index in [4.69, 9.17) is 4.74 Å². The predicted octanol–water partition coefficient (Wildman–Crippen LogP) is 1.73. The Kier molecular flexibility index (Phi) is 20.5. The monoisotopic (exact) mass is 234 g/mol. The number of esters is 2. The van der Waals surface area contributed by atoms with Gasteiger partial charge in [-0.3, -0.25) is 9.59 Å². The third-order valence-corrected chi connectivity index (χ3v) is 0.696. The topological polar surface area (TPSA) is 69.7 Å². The summed E-state index contributed by atoms with van der Waals surface area (Å²) in [5.74, 6) is -0.958. The Balaban J connectivity index is -0.000000166. The van der Waals surface area contributed by atoms with Crippen LogP contribution in [0, 0.1) is 0 Å². The minimum Gasteiger partial charge on any atom is -0.394 e. The SMILES string of the molecule is CC(=O)OC(C)=O.CC(C)=O.CCOCC. The van der Waals surface area contributed by atoms with Gasteiger partial charge in [0.2, 0.25) is 0 Å². The summed E-state index contributed by atoms with van der Waals surface area (Å²) in [5, 5.41) is 0. The van der Waals surface area contributed by atoms with Crippen molar-refractivity contribution < 1.29 is 23.9 Å². The van der Waals surface area contributed by atoms with E-state index >= 15 is 0 Å². The second-order valence-electron chi connectivity index (χ2n) is 2.77. The summed E-state index contributed by atoms with van der Waals surface area (Å²) in [7, 11) is 0. The molecule has 0 N–H and O–H groups in total. The van der Waals surface area contributed by atoms with E-state index in [1.807, 2.05) is 13.8 Å². The van der Waals surface area contributed by atoms with Gasteiger partial charge in [0.05, 0.1) is 0 Å². The van der Waals surface area contributed by atoms with Crippen LogP contribution >= 0.6 is 0 Å². The van der Waals surface area contributed by atoms with Crippen molar-refractivity contribution in [3.8, 4) is 0 Å². The Hall–Kier alpha value is -1.23. The van der Waals surface area contributed by atoms with Crippen molar-refractivity contribution in [3.63, 3.8) is 0 Å². The molecule has 0 radical (unpaired) electrons. The molecule has 0 saturated carbocycles. The maximum Gasteiger partial charge on any atom is 0.310 e. The quantitative estimate of drug-likeness (QED) is 0.537. The maximum absolute atomic E-state index is 9.81. The lowest BCUT2D eigenvalue weighted by atomic mass is 10.6. The predicted molar refractivity (Wildman–Crippen MR) is 61.0 cm³/mol. The lowest BCUT2D eigenvalue weighted by Gasteiger charge is -1.87. The van der Waals surface area contributed by atoms with Gasteiger partial charge in [-0.15, -0.1) is 0 Å². The molecule has 0 aliphatic carbocycles. The third kappa shape index (κ3) is 77.8. The van der Waals surface area contributed by atoms with E-state index in [1.165, 1.54) is 27.7 Å². The number of carbonyl (C=O) groups excluding carboxylic acids is 3. The normalized spacial score (nSPS) is 7.62. The Bertz CT molecular complexity index is 181. The van der Waals surface area contributed by atoms with Gasteiger partial charge in [0.25, 0.3) is 0 Å². The fraction of sp³-hybridized carbons (Fsp3) is 0.727.